The van der Waals surface area contributed by atoms with Gasteiger partial charge in [-0.15, -0.1) is 34.0 Å². The van der Waals surface area contributed by atoms with Crippen LogP contribution in [0.3, 0.4) is 0 Å². The van der Waals surface area contributed by atoms with Gasteiger partial charge in [-0.1, -0.05) is 14.0 Å². The highest BCUT2D eigenvalue weighted by atomic mass is 32.1. The van der Waals surface area contributed by atoms with Crippen molar-refractivity contribution >= 4 is 99.8 Å². The smallest absolute Gasteiger partial charge is 0.229 e. The van der Waals surface area contributed by atoms with Crippen molar-refractivity contribution in [2.75, 3.05) is 85.2 Å². The molecule has 74 heavy (non-hydrogen) atoms. The molecule has 17 nitrogen and oxygen atoms in total. The highest BCUT2D eigenvalue weighted by Gasteiger charge is 2.35. The molecular formula is C54H74N14O3S3. The molecule has 0 atom stereocenters. The maximum atomic E-state index is 12.2. The maximum Gasteiger partial charge on any atom is 0.229 e. The summed E-state index contributed by atoms with van der Waals surface area (Å²) in [4.78, 5) is 88.5. The lowest BCUT2D eigenvalue weighted by Gasteiger charge is -2.21. The van der Waals surface area contributed by atoms with Crippen LogP contribution in [0.1, 0.15) is 108 Å². The molecule has 20 heteroatoms. The number of hydrogen-bond donors (Lipinski definition) is 0. The molecule has 6 aromatic rings. The van der Waals surface area contributed by atoms with Crippen LogP contribution in [0.25, 0.3) is 30.6 Å². The number of aromatic nitrogens is 6. The third kappa shape index (κ3) is 10.9. The normalized spacial score (nSPS) is 16.4. The monoisotopic (exact) mass is 1060 g/mol. The molecule has 12 rings (SSSR count). The zero-order chi connectivity index (χ0) is 51.7. The first-order valence-corrected chi connectivity index (χ1v) is 28.1. The van der Waals surface area contributed by atoms with E-state index >= 15 is 0 Å². The van der Waals surface area contributed by atoms with Crippen molar-refractivity contribution in [1.29, 1.82) is 0 Å². The van der Waals surface area contributed by atoms with Crippen LogP contribution in [-0.2, 0) is 72.7 Å². The lowest BCUT2D eigenvalue weighted by Crippen LogP contribution is -2.26. The summed E-state index contributed by atoms with van der Waals surface area (Å²) in [5, 5.41) is 3.62. The molecule has 0 unspecified atom stereocenters. The summed E-state index contributed by atoms with van der Waals surface area (Å²) >= 11 is 5.29. The Bertz CT molecular complexity index is 3150. The largest absolute Gasteiger partial charge is 0.366 e. The van der Waals surface area contributed by atoms with Gasteiger partial charge in [-0.05, 0) is 82.9 Å². The third-order valence-electron chi connectivity index (χ3n) is 14.9. The van der Waals surface area contributed by atoms with E-state index in [9.17, 15) is 14.4 Å². The molecule has 0 radical (unpaired) electrons. The molecule has 3 amide bonds. The SMILES string of the molecule is C.C=C(C)N1Cc2sc3nc(CC(=O)N(C)C)nc(N(C)C4CC4)c3c2C1.CN(C)C(=O)Cc1nc(N(C)C2CC2)c2c3c(sc2n1)CCC3.CN1Cc2sc3nc(CC(=O)N(C)C)nc(N(C)C4CC4)c3c2C1. The third-order valence-corrected chi connectivity index (χ3v) is 18.3. The van der Waals surface area contributed by atoms with Crippen molar-refractivity contribution in [2.45, 2.75) is 136 Å². The van der Waals surface area contributed by atoms with E-state index in [2.05, 4.69) is 66.2 Å². The van der Waals surface area contributed by atoms with Crippen LogP contribution in [0, 0.1) is 0 Å². The van der Waals surface area contributed by atoms with Gasteiger partial charge in [0.2, 0.25) is 17.7 Å². The number of carbonyl (C=O) groups is 3. The Morgan fingerprint density at radius 1 is 0.514 bits per heavy atom. The number of likely N-dealkylation sites (N-methyl/N-ethyl adjacent to an activating group) is 3. The van der Waals surface area contributed by atoms with Crippen LogP contribution in [0.2, 0.25) is 0 Å². The predicted octanol–water partition coefficient (Wildman–Crippen LogP) is 7.68. The van der Waals surface area contributed by atoms with Crippen LogP contribution in [0.15, 0.2) is 12.3 Å². The zero-order valence-corrected chi connectivity index (χ0v) is 46.9. The number of anilines is 3. The molecule has 6 aromatic heterocycles. The number of fused-ring (bicyclic) bond motifs is 9. The molecule has 0 bridgehead atoms. The van der Waals surface area contributed by atoms with Crippen LogP contribution >= 0.6 is 34.0 Å². The summed E-state index contributed by atoms with van der Waals surface area (Å²) in [6, 6.07) is 1.73. The summed E-state index contributed by atoms with van der Waals surface area (Å²) in [7, 11) is 19.2. The van der Waals surface area contributed by atoms with E-state index in [0.717, 1.165) is 76.7 Å². The highest BCUT2D eigenvalue weighted by Crippen LogP contribution is 2.46. The lowest BCUT2D eigenvalue weighted by molar-refractivity contribution is -0.128. The molecule has 0 N–H and O–H groups in total. The number of carbonyl (C=O) groups excluding carboxylic acids is 3. The number of aryl methyl sites for hydroxylation is 2. The Kier molecular flexibility index (Phi) is 15.3. The first-order valence-electron chi connectivity index (χ1n) is 25.6. The van der Waals surface area contributed by atoms with Gasteiger partial charge in [-0.2, -0.15) is 0 Å². The van der Waals surface area contributed by atoms with Gasteiger partial charge in [0.25, 0.3) is 0 Å². The molecule has 2 aliphatic heterocycles. The van der Waals surface area contributed by atoms with E-state index in [-0.39, 0.29) is 44.4 Å². The van der Waals surface area contributed by atoms with E-state index in [4.69, 9.17) is 29.9 Å². The minimum atomic E-state index is 0. The maximum absolute atomic E-state index is 12.2. The molecular weight excluding hydrogens is 989 g/mol. The second-order valence-electron chi connectivity index (χ2n) is 21.5. The first-order chi connectivity index (χ1) is 34.8. The van der Waals surface area contributed by atoms with Crippen molar-refractivity contribution in [3.8, 4) is 0 Å². The van der Waals surface area contributed by atoms with Gasteiger partial charge in [0, 0.05) is 127 Å². The highest BCUT2D eigenvalue weighted by molar-refractivity contribution is 7.19. The summed E-state index contributed by atoms with van der Waals surface area (Å²) < 4.78 is 0. The van der Waals surface area contributed by atoms with Crippen LogP contribution in [-0.4, -0.2) is 161 Å². The van der Waals surface area contributed by atoms with Gasteiger partial charge in [0.15, 0.2) is 0 Å². The van der Waals surface area contributed by atoms with Crippen LogP contribution in [0.5, 0.6) is 0 Å². The van der Waals surface area contributed by atoms with Crippen molar-refractivity contribution < 1.29 is 14.4 Å². The predicted molar refractivity (Wildman–Crippen MR) is 302 cm³/mol. The van der Waals surface area contributed by atoms with Crippen molar-refractivity contribution in [3.05, 3.63) is 61.1 Å². The van der Waals surface area contributed by atoms with E-state index in [1.165, 1.54) is 92.4 Å². The average Bonchev–Trinajstić information content (AvgIpc) is 4.30. The van der Waals surface area contributed by atoms with Crippen LogP contribution in [0.4, 0.5) is 17.5 Å². The molecule has 3 fully saturated rings. The fraction of sp³-hybridized carbons (Fsp3) is 0.574. The molecule has 0 aromatic carbocycles. The number of allylic oxidation sites excluding steroid dienone is 1. The Morgan fingerprint density at radius 3 is 1.26 bits per heavy atom. The molecule has 6 aliphatic rings. The Labute approximate surface area is 448 Å². The average molecular weight is 1060 g/mol. The minimum Gasteiger partial charge on any atom is -0.366 e. The molecule has 0 saturated heterocycles. The van der Waals surface area contributed by atoms with Gasteiger partial charge in [-0.3, -0.25) is 19.3 Å². The molecule has 8 heterocycles. The van der Waals surface area contributed by atoms with Gasteiger partial charge >= 0.3 is 0 Å². The summed E-state index contributed by atoms with van der Waals surface area (Å²) in [6.07, 6.45) is 11.7. The van der Waals surface area contributed by atoms with Gasteiger partial charge in [0.05, 0.1) is 42.0 Å². The topological polar surface area (TPSA) is 154 Å². The van der Waals surface area contributed by atoms with E-state index in [0.29, 0.717) is 35.6 Å². The summed E-state index contributed by atoms with van der Waals surface area (Å²) in [5.74, 6) is 5.06. The summed E-state index contributed by atoms with van der Waals surface area (Å²) in [6.45, 7) is 9.84. The zero-order valence-electron chi connectivity index (χ0n) is 44.5. The molecule has 396 valence electrons. The van der Waals surface area contributed by atoms with Gasteiger partial charge < -0.3 is 34.3 Å². The van der Waals surface area contributed by atoms with Crippen molar-refractivity contribution in [3.63, 3.8) is 0 Å². The second kappa shape index (κ2) is 21.2. The van der Waals surface area contributed by atoms with Gasteiger partial charge in [0.1, 0.15) is 49.4 Å². The van der Waals surface area contributed by atoms with Crippen molar-refractivity contribution in [1.82, 2.24) is 54.4 Å². The van der Waals surface area contributed by atoms with E-state index in [1.807, 2.05) is 0 Å². The number of amides is 3. The number of hydrogen-bond acceptors (Lipinski definition) is 17. The number of rotatable bonds is 13. The quantitative estimate of drug-likeness (QED) is 0.111. The molecule has 0 spiro atoms. The second-order valence-corrected chi connectivity index (χ2v) is 24.7. The fourth-order valence-corrected chi connectivity index (χ4v) is 13.7. The minimum absolute atomic E-state index is 0. The van der Waals surface area contributed by atoms with Crippen molar-refractivity contribution in [2.24, 2.45) is 0 Å². The standard InChI is InChI=1S/C19H25N5OS.C17H23N5OS.C17H22N4OS.CH4/c1-11(2)24-9-13-14(10-24)26-19-17(13)18(23(5)12-6-7-12)20-15(21-19)8-16(25)22(3)4;1-20(2)14(23)7-13-18-16(22(4)10-5-6-10)15-11-8-21(3)9-12(11)24-17(15)19-13;1-20(2)14(22)9-13-18-16(21(3)10-7-8-10)15-11-5-4-6-12(11)23-17(15)19-13;/h12H,1,6-10H2,2-5H3;10H,5-9H2,1-4H3;10H,4-9H2,1-3H3;1H4. The fourth-order valence-electron chi connectivity index (χ4n) is 9.91. The first kappa shape index (κ1) is 53.3. The number of nitrogens with zero attached hydrogens (tertiary/aromatic N) is 14. The van der Waals surface area contributed by atoms with Crippen LogP contribution < -0.4 is 14.7 Å². The Balaban J connectivity index is 0.000000136. The Morgan fingerprint density at radius 2 is 0.878 bits per heavy atom. The number of thiophene rings is 3. The lowest BCUT2D eigenvalue weighted by atomic mass is 10.1. The molecule has 3 saturated carbocycles. The Hall–Kier alpha value is -5.57. The van der Waals surface area contributed by atoms with E-state index < -0.39 is 0 Å². The van der Waals surface area contributed by atoms with E-state index in [1.54, 1.807) is 91.0 Å². The van der Waals surface area contributed by atoms with Gasteiger partial charge in [-0.25, -0.2) is 29.9 Å². The molecule has 4 aliphatic carbocycles. The summed E-state index contributed by atoms with van der Waals surface area (Å²) in [5.41, 5.74) is 5.26.